The topological polar surface area (TPSA) is 96.4 Å². The predicted octanol–water partition coefficient (Wildman–Crippen LogP) is 2.97. The molecule has 0 aromatic heterocycles. The van der Waals surface area contributed by atoms with E-state index in [2.05, 4.69) is 0 Å². The summed E-state index contributed by atoms with van der Waals surface area (Å²) in [6.07, 6.45) is -1.02. The van der Waals surface area contributed by atoms with Gasteiger partial charge in [-0.1, -0.05) is 30.3 Å². The molecule has 3 rings (SSSR count). The van der Waals surface area contributed by atoms with Crippen LogP contribution in [0, 0.1) is 10.8 Å². The average Bonchev–Trinajstić information content (AvgIpc) is 2.93. The highest BCUT2D eigenvalue weighted by molar-refractivity contribution is 5.80. The summed E-state index contributed by atoms with van der Waals surface area (Å²) in [5, 5.41) is 9.88. The first kappa shape index (κ1) is 21.0. The van der Waals surface area contributed by atoms with Crippen LogP contribution in [0.3, 0.4) is 0 Å². The summed E-state index contributed by atoms with van der Waals surface area (Å²) >= 11 is 0. The molecule has 0 saturated carbocycles. The highest BCUT2D eigenvalue weighted by Crippen LogP contribution is 2.52. The molecule has 2 aliphatic heterocycles. The van der Waals surface area contributed by atoms with E-state index < -0.39 is 34.6 Å². The number of rotatable bonds is 3. The fourth-order valence-corrected chi connectivity index (χ4v) is 3.97. The van der Waals surface area contributed by atoms with Gasteiger partial charge in [-0.3, -0.25) is 4.79 Å². The van der Waals surface area contributed by atoms with Gasteiger partial charge in [-0.05, 0) is 33.3 Å². The molecule has 29 heavy (non-hydrogen) atoms. The Bertz CT molecular complexity index is 797. The Morgan fingerprint density at radius 3 is 2.07 bits per heavy atom. The van der Waals surface area contributed by atoms with Gasteiger partial charge < -0.3 is 24.4 Å². The minimum atomic E-state index is -1.17. The Labute approximate surface area is 170 Å². The lowest BCUT2D eigenvalue weighted by Crippen LogP contribution is -2.67. The van der Waals surface area contributed by atoms with Gasteiger partial charge in [-0.15, -0.1) is 0 Å². The van der Waals surface area contributed by atoms with E-state index in [4.69, 9.17) is 9.47 Å². The second-order valence-corrected chi connectivity index (χ2v) is 9.15. The molecule has 158 valence electrons. The molecule has 1 spiro atoms. The van der Waals surface area contributed by atoms with Crippen LogP contribution >= 0.6 is 0 Å². The molecule has 2 aliphatic rings. The highest BCUT2D eigenvalue weighted by atomic mass is 16.6. The van der Waals surface area contributed by atoms with Crippen LogP contribution in [0.15, 0.2) is 30.3 Å². The molecule has 8 heteroatoms. The highest BCUT2D eigenvalue weighted by Gasteiger charge is 2.66. The third-order valence-electron chi connectivity index (χ3n) is 5.75. The van der Waals surface area contributed by atoms with Gasteiger partial charge in [0.1, 0.15) is 12.2 Å². The standard InChI is InChI=1S/C21H28N2O6/c1-19(2,3)29-18(27)23-13-21(14-23)12-22(11-20(21,4)16(24)25)17(26)28-10-15-8-6-5-7-9-15/h5-9H,10-14H2,1-4H3,(H,24,25)/t20-/m1/s1. The normalized spacial score (nSPS) is 22.9. The van der Waals surface area contributed by atoms with Crippen molar-refractivity contribution in [1.82, 2.24) is 9.80 Å². The maximum absolute atomic E-state index is 12.6. The molecule has 8 nitrogen and oxygen atoms in total. The van der Waals surface area contributed by atoms with Gasteiger partial charge >= 0.3 is 18.2 Å². The molecular formula is C21H28N2O6. The minimum Gasteiger partial charge on any atom is -0.481 e. The van der Waals surface area contributed by atoms with Gasteiger partial charge in [0, 0.05) is 31.6 Å². The zero-order valence-corrected chi connectivity index (χ0v) is 17.3. The number of hydrogen-bond acceptors (Lipinski definition) is 5. The molecule has 0 bridgehead atoms. The second-order valence-electron chi connectivity index (χ2n) is 9.15. The first-order chi connectivity index (χ1) is 13.5. The summed E-state index contributed by atoms with van der Waals surface area (Å²) in [7, 11) is 0. The fraction of sp³-hybridized carbons (Fsp3) is 0.571. The second kappa shape index (κ2) is 7.24. The van der Waals surface area contributed by atoms with E-state index in [9.17, 15) is 19.5 Å². The maximum atomic E-state index is 12.6. The number of carbonyl (C=O) groups is 3. The summed E-state index contributed by atoms with van der Waals surface area (Å²) in [6, 6.07) is 9.29. The zero-order chi connectivity index (χ0) is 21.4. The van der Waals surface area contributed by atoms with E-state index in [-0.39, 0.29) is 32.8 Å². The molecular weight excluding hydrogens is 376 g/mol. The van der Waals surface area contributed by atoms with Crippen molar-refractivity contribution in [3.63, 3.8) is 0 Å². The fourth-order valence-electron chi connectivity index (χ4n) is 3.97. The number of amides is 2. The minimum absolute atomic E-state index is 0.0398. The van der Waals surface area contributed by atoms with E-state index in [1.165, 1.54) is 9.80 Å². The summed E-state index contributed by atoms with van der Waals surface area (Å²) < 4.78 is 10.7. The van der Waals surface area contributed by atoms with Crippen molar-refractivity contribution in [3.05, 3.63) is 35.9 Å². The number of nitrogens with zero attached hydrogens (tertiary/aromatic N) is 2. The van der Waals surface area contributed by atoms with Gasteiger partial charge in [0.25, 0.3) is 0 Å². The Morgan fingerprint density at radius 2 is 1.55 bits per heavy atom. The molecule has 1 aromatic carbocycles. The van der Waals surface area contributed by atoms with Crippen molar-refractivity contribution in [2.24, 2.45) is 10.8 Å². The number of hydrogen-bond donors (Lipinski definition) is 1. The van der Waals surface area contributed by atoms with E-state index in [1.54, 1.807) is 27.7 Å². The quantitative estimate of drug-likeness (QED) is 0.832. The van der Waals surface area contributed by atoms with Gasteiger partial charge in [0.05, 0.1) is 5.41 Å². The Hall–Kier alpha value is -2.77. The van der Waals surface area contributed by atoms with Crippen LogP contribution in [0.25, 0.3) is 0 Å². The molecule has 2 heterocycles. The van der Waals surface area contributed by atoms with Gasteiger partial charge in [0.2, 0.25) is 0 Å². The van der Waals surface area contributed by atoms with E-state index in [0.717, 1.165) is 5.56 Å². The third-order valence-corrected chi connectivity index (χ3v) is 5.75. The predicted molar refractivity (Wildman–Crippen MR) is 104 cm³/mol. The van der Waals surface area contributed by atoms with Crippen molar-refractivity contribution in [3.8, 4) is 0 Å². The smallest absolute Gasteiger partial charge is 0.410 e. The number of carboxylic acids is 1. The number of carbonyl (C=O) groups excluding carboxylic acids is 2. The van der Waals surface area contributed by atoms with Crippen LogP contribution in [0.2, 0.25) is 0 Å². The molecule has 1 N–H and O–H groups in total. The molecule has 0 unspecified atom stereocenters. The van der Waals surface area contributed by atoms with E-state index in [0.29, 0.717) is 0 Å². The number of likely N-dealkylation sites (tertiary alicyclic amines) is 2. The Morgan fingerprint density at radius 1 is 1.00 bits per heavy atom. The van der Waals surface area contributed by atoms with Crippen LogP contribution in [0.5, 0.6) is 0 Å². The molecule has 0 aliphatic carbocycles. The maximum Gasteiger partial charge on any atom is 0.410 e. The SMILES string of the molecule is CC(C)(C)OC(=O)N1CC2(CN(C(=O)OCc3ccccc3)C[C@]2(C)C(=O)O)C1. The first-order valence-electron chi connectivity index (χ1n) is 9.63. The summed E-state index contributed by atoms with van der Waals surface area (Å²) in [5.41, 5.74) is -1.66. The summed E-state index contributed by atoms with van der Waals surface area (Å²) in [5.74, 6) is -0.986. The van der Waals surface area contributed by atoms with Crippen LogP contribution < -0.4 is 0 Å². The largest absolute Gasteiger partial charge is 0.481 e. The first-order valence-corrected chi connectivity index (χ1v) is 9.63. The van der Waals surface area contributed by atoms with Crippen molar-refractivity contribution in [1.29, 1.82) is 0 Å². The van der Waals surface area contributed by atoms with Gasteiger partial charge in [-0.2, -0.15) is 0 Å². The van der Waals surface area contributed by atoms with Crippen LogP contribution in [-0.2, 0) is 20.9 Å². The van der Waals surface area contributed by atoms with Gasteiger partial charge in [-0.25, -0.2) is 9.59 Å². The lowest BCUT2D eigenvalue weighted by molar-refractivity contribution is -0.161. The molecule has 2 amide bonds. The number of carboxylic acid groups (broad SMARTS) is 1. The molecule has 1 atom stereocenters. The average molecular weight is 404 g/mol. The number of ether oxygens (including phenoxy) is 2. The third kappa shape index (κ3) is 4.02. The van der Waals surface area contributed by atoms with Crippen LogP contribution in [0.1, 0.15) is 33.3 Å². The van der Waals surface area contributed by atoms with Crippen molar-refractivity contribution < 1.29 is 29.0 Å². The summed E-state index contributed by atoms with van der Waals surface area (Å²) in [4.78, 5) is 39.8. The zero-order valence-electron chi connectivity index (χ0n) is 17.3. The molecule has 2 fully saturated rings. The number of aliphatic carboxylic acids is 1. The molecule has 2 saturated heterocycles. The van der Waals surface area contributed by atoms with Crippen LogP contribution in [0.4, 0.5) is 9.59 Å². The van der Waals surface area contributed by atoms with Gasteiger partial charge in [0.15, 0.2) is 0 Å². The Balaban J connectivity index is 1.66. The lowest BCUT2D eigenvalue weighted by atomic mass is 9.62. The molecule has 1 aromatic rings. The van der Waals surface area contributed by atoms with Crippen molar-refractivity contribution in [2.45, 2.75) is 39.9 Å². The lowest BCUT2D eigenvalue weighted by Gasteiger charge is -2.53. The Kier molecular flexibility index (Phi) is 5.23. The summed E-state index contributed by atoms with van der Waals surface area (Å²) in [6.45, 7) is 7.82. The van der Waals surface area contributed by atoms with E-state index in [1.807, 2.05) is 30.3 Å². The van der Waals surface area contributed by atoms with Crippen molar-refractivity contribution >= 4 is 18.2 Å². The monoisotopic (exact) mass is 404 g/mol. The van der Waals surface area contributed by atoms with Crippen molar-refractivity contribution in [2.75, 3.05) is 26.2 Å². The van der Waals surface area contributed by atoms with E-state index >= 15 is 0 Å². The van der Waals surface area contributed by atoms with Crippen LogP contribution in [-0.4, -0.2) is 64.8 Å². The number of benzene rings is 1. The molecule has 0 radical (unpaired) electrons.